The Kier molecular flexibility index (Phi) is 7.09. The number of carbonyl (C=O) groups is 4. The van der Waals surface area contributed by atoms with Crippen LogP contribution in [0.15, 0.2) is 42.6 Å². The van der Waals surface area contributed by atoms with E-state index in [0.717, 1.165) is 4.90 Å². The lowest BCUT2D eigenvalue weighted by atomic mass is 10.0. The van der Waals surface area contributed by atoms with Gasteiger partial charge >= 0.3 is 12.1 Å². The Morgan fingerprint density at radius 2 is 1.89 bits per heavy atom. The van der Waals surface area contributed by atoms with Crippen molar-refractivity contribution in [3.8, 4) is 0 Å². The molecule has 1 fully saturated rings. The fraction of sp³-hybridized carbons (Fsp3) is 0.280. The molecule has 194 valence electrons. The molecule has 2 aromatic carbocycles. The lowest BCUT2D eigenvalue weighted by Gasteiger charge is -2.24. The standard InChI is InChI=1S/C25H26F2N6O4/c1-13-7-14(22(34)29-2)8-15(21(13)27)10-30-23(35)20-9-16(26)11-33(20)25(37)31-18-12-32(24(28)36)19-6-4-3-5-17(18)19/h3-8,12,16,20H,9-11H2,1-2H3,(H2,28,36)(H,29,34)(H,30,35)(H,31,37)/t16-,20+/m1/s1. The van der Waals surface area contributed by atoms with E-state index in [0.29, 0.717) is 10.9 Å². The minimum atomic E-state index is -1.44. The van der Waals surface area contributed by atoms with Crippen LogP contribution in [0, 0.1) is 12.7 Å². The molecule has 37 heavy (non-hydrogen) atoms. The van der Waals surface area contributed by atoms with Crippen LogP contribution in [-0.2, 0) is 11.3 Å². The van der Waals surface area contributed by atoms with E-state index in [2.05, 4.69) is 16.0 Å². The van der Waals surface area contributed by atoms with E-state index in [-0.39, 0.29) is 41.9 Å². The first kappa shape index (κ1) is 25.6. The molecule has 0 aliphatic carbocycles. The number of hydrogen-bond donors (Lipinski definition) is 4. The highest BCUT2D eigenvalue weighted by molar-refractivity contribution is 6.05. The molecule has 0 radical (unpaired) electrons. The van der Waals surface area contributed by atoms with Crippen molar-refractivity contribution in [2.75, 3.05) is 18.9 Å². The number of nitrogens with two attached hydrogens (primary N) is 1. The third-order valence-electron chi connectivity index (χ3n) is 6.28. The number of hydrogen-bond acceptors (Lipinski definition) is 4. The molecule has 1 saturated heterocycles. The summed E-state index contributed by atoms with van der Waals surface area (Å²) in [5.41, 5.74) is 6.69. The smallest absolute Gasteiger partial charge is 0.323 e. The summed E-state index contributed by atoms with van der Waals surface area (Å²) >= 11 is 0. The molecule has 5 N–H and O–H groups in total. The van der Waals surface area contributed by atoms with Gasteiger partial charge in [-0.15, -0.1) is 0 Å². The zero-order valence-corrected chi connectivity index (χ0v) is 20.2. The van der Waals surface area contributed by atoms with Crippen LogP contribution >= 0.6 is 0 Å². The van der Waals surface area contributed by atoms with Crippen LogP contribution in [0.2, 0.25) is 0 Å². The van der Waals surface area contributed by atoms with Gasteiger partial charge in [-0.3, -0.25) is 14.2 Å². The number of rotatable bonds is 5. The molecule has 3 aromatic rings. The second-order valence-corrected chi connectivity index (χ2v) is 8.76. The fourth-order valence-electron chi connectivity index (χ4n) is 4.45. The molecule has 1 aliphatic heterocycles. The number of halogens is 2. The van der Waals surface area contributed by atoms with Crippen molar-refractivity contribution in [1.82, 2.24) is 20.1 Å². The van der Waals surface area contributed by atoms with Crippen LogP contribution in [0.25, 0.3) is 10.9 Å². The molecule has 10 nitrogen and oxygen atoms in total. The lowest BCUT2D eigenvalue weighted by molar-refractivity contribution is -0.124. The highest BCUT2D eigenvalue weighted by atomic mass is 19.1. The Bertz CT molecular complexity index is 1410. The average molecular weight is 513 g/mol. The molecular weight excluding hydrogens is 486 g/mol. The van der Waals surface area contributed by atoms with Gasteiger partial charge in [-0.25, -0.2) is 18.4 Å². The molecule has 2 atom stereocenters. The van der Waals surface area contributed by atoms with E-state index >= 15 is 0 Å². The minimum absolute atomic E-state index is 0.0806. The van der Waals surface area contributed by atoms with Gasteiger partial charge in [0.2, 0.25) is 5.91 Å². The zero-order chi connectivity index (χ0) is 26.9. The molecule has 1 aromatic heterocycles. The van der Waals surface area contributed by atoms with Crippen LogP contribution in [0.4, 0.5) is 24.1 Å². The van der Waals surface area contributed by atoms with Crippen LogP contribution in [0.5, 0.6) is 0 Å². The topological polar surface area (TPSA) is 139 Å². The summed E-state index contributed by atoms with van der Waals surface area (Å²) in [6.07, 6.45) is -0.320. The molecular formula is C25H26F2N6O4. The fourth-order valence-corrected chi connectivity index (χ4v) is 4.45. The number of anilines is 1. The van der Waals surface area contributed by atoms with E-state index in [4.69, 9.17) is 5.73 Å². The van der Waals surface area contributed by atoms with Crippen molar-refractivity contribution in [2.45, 2.75) is 32.1 Å². The minimum Gasteiger partial charge on any atom is -0.355 e. The third-order valence-corrected chi connectivity index (χ3v) is 6.28. The lowest BCUT2D eigenvalue weighted by Crippen LogP contribution is -2.47. The van der Waals surface area contributed by atoms with Crippen LogP contribution in [0.1, 0.15) is 27.9 Å². The van der Waals surface area contributed by atoms with E-state index in [1.165, 1.54) is 36.9 Å². The van der Waals surface area contributed by atoms with Gasteiger partial charge in [-0.05, 0) is 30.7 Å². The number of aromatic nitrogens is 1. The van der Waals surface area contributed by atoms with Crippen LogP contribution in [-0.4, -0.2) is 59.1 Å². The number of likely N-dealkylation sites (tertiary alicyclic amines) is 1. The maximum absolute atomic E-state index is 14.6. The number of nitrogens with zero attached hydrogens (tertiary/aromatic N) is 2. The number of fused-ring (bicyclic) bond motifs is 1. The van der Waals surface area contributed by atoms with Crippen molar-refractivity contribution < 1.29 is 28.0 Å². The summed E-state index contributed by atoms with van der Waals surface area (Å²) < 4.78 is 30.1. The van der Waals surface area contributed by atoms with E-state index in [1.807, 2.05) is 0 Å². The molecule has 0 saturated carbocycles. The van der Waals surface area contributed by atoms with E-state index in [1.54, 1.807) is 24.3 Å². The normalized spacial score (nSPS) is 17.0. The van der Waals surface area contributed by atoms with Gasteiger partial charge in [-0.1, -0.05) is 18.2 Å². The number of alkyl halides is 1. The predicted octanol–water partition coefficient (Wildman–Crippen LogP) is 2.64. The number of primary amides is 1. The van der Waals surface area contributed by atoms with Crippen molar-refractivity contribution in [3.05, 3.63) is 65.1 Å². The second-order valence-electron chi connectivity index (χ2n) is 8.76. The Morgan fingerprint density at radius 3 is 2.59 bits per heavy atom. The first-order valence-electron chi connectivity index (χ1n) is 11.5. The Labute approximate surface area is 210 Å². The molecule has 2 heterocycles. The highest BCUT2D eigenvalue weighted by Crippen LogP contribution is 2.28. The molecule has 0 unspecified atom stereocenters. The number of benzene rings is 2. The van der Waals surface area contributed by atoms with Gasteiger partial charge in [0.1, 0.15) is 18.0 Å². The predicted molar refractivity (Wildman–Crippen MR) is 132 cm³/mol. The molecule has 0 spiro atoms. The number of nitrogens with one attached hydrogen (secondary N) is 3. The maximum Gasteiger partial charge on any atom is 0.323 e. The first-order valence-corrected chi connectivity index (χ1v) is 11.5. The van der Waals surface area contributed by atoms with Crippen LogP contribution in [0.3, 0.4) is 0 Å². The molecule has 5 amide bonds. The molecule has 4 rings (SSSR count). The summed E-state index contributed by atoms with van der Waals surface area (Å²) in [4.78, 5) is 50.8. The number of amides is 5. The summed E-state index contributed by atoms with van der Waals surface area (Å²) in [6, 6.07) is 6.84. The zero-order valence-electron chi connectivity index (χ0n) is 20.2. The number of urea groups is 1. The monoisotopic (exact) mass is 512 g/mol. The van der Waals surface area contributed by atoms with E-state index < -0.39 is 41.9 Å². The molecule has 0 bridgehead atoms. The van der Waals surface area contributed by atoms with Gasteiger partial charge in [0.05, 0.1) is 17.7 Å². The SMILES string of the molecule is CNC(=O)c1cc(C)c(F)c(CNC(=O)[C@@H]2C[C@@H](F)CN2C(=O)Nc2cn(C(N)=O)c3ccccc23)c1. The highest BCUT2D eigenvalue weighted by Gasteiger charge is 2.40. The third kappa shape index (κ3) is 5.08. The number of carbonyl (C=O) groups excluding carboxylic acids is 4. The van der Waals surface area contributed by atoms with Gasteiger partial charge in [0, 0.05) is 42.7 Å². The largest absolute Gasteiger partial charge is 0.355 e. The number of aryl methyl sites for hydroxylation is 1. The maximum atomic E-state index is 14.6. The Morgan fingerprint density at radius 1 is 1.16 bits per heavy atom. The summed E-state index contributed by atoms with van der Waals surface area (Å²) in [6.45, 7) is 0.919. The van der Waals surface area contributed by atoms with Crippen LogP contribution < -0.4 is 21.7 Å². The van der Waals surface area contributed by atoms with Gasteiger partial charge in [-0.2, -0.15) is 0 Å². The van der Waals surface area contributed by atoms with Crippen molar-refractivity contribution in [1.29, 1.82) is 0 Å². The van der Waals surface area contributed by atoms with Crippen molar-refractivity contribution >= 4 is 40.5 Å². The second kappa shape index (κ2) is 10.2. The Hall–Kier alpha value is -4.48. The number of para-hydroxylation sites is 1. The van der Waals surface area contributed by atoms with Crippen molar-refractivity contribution in [3.63, 3.8) is 0 Å². The summed E-state index contributed by atoms with van der Waals surface area (Å²) in [7, 11) is 1.45. The van der Waals surface area contributed by atoms with Gasteiger partial charge in [0.25, 0.3) is 5.91 Å². The van der Waals surface area contributed by atoms with Gasteiger partial charge in [0.15, 0.2) is 0 Å². The van der Waals surface area contributed by atoms with E-state index in [9.17, 15) is 28.0 Å². The van der Waals surface area contributed by atoms with Crippen molar-refractivity contribution in [2.24, 2.45) is 5.73 Å². The summed E-state index contributed by atoms with van der Waals surface area (Å²) in [5.74, 6) is -1.66. The molecule has 12 heteroatoms. The summed E-state index contributed by atoms with van der Waals surface area (Å²) in [5, 5.41) is 8.17. The van der Waals surface area contributed by atoms with Gasteiger partial charge < -0.3 is 26.6 Å². The molecule has 1 aliphatic rings. The first-order chi connectivity index (χ1) is 17.6. The Balaban J connectivity index is 1.50. The quantitative estimate of drug-likeness (QED) is 0.417. The average Bonchev–Trinajstić information content (AvgIpc) is 3.45.